The molecule has 2 heterocycles. The number of amides is 2. The van der Waals surface area contributed by atoms with Crippen LogP contribution in [0.3, 0.4) is 0 Å². The molecule has 10 heteroatoms. The minimum atomic E-state index is -0.132. The molecule has 2 N–H and O–H groups in total. The predicted octanol–water partition coefficient (Wildman–Crippen LogP) is 4.73. The van der Waals surface area contributed by atoms with Gasteiger partial charge in [-0.2, -0.15) is 10.2 Å². The number of hydrazone groups is 2. The Bertz CT molecular complexity index is 777. The number of nitrogens with one attached hydrogen (secondary N) is 2. The number of nitrogens with zero attached hydrogens (tertiary/aromatic N) is 2. The fourth-order valence-corrected chi connectivity index (χ4v) is 2.98. The second kappa shape index (κ2) is 13.1. The van der Waals surface area contributed by atoms with Crippen LogP contribution in [0.5, 0.6) is 0 Å². The lowest BCUT2D eigenvalue weighted by Crippen LogP contribution is -2.17. The van der Waals surface area contributed by atoms with Crippen LogP contribution in [-0.4, -0.2) is 24.2 Å². The SMILES string of the molecule is O=C(CCCCCCCC(=O)N/N=C/c1ccc(Br)o1)N/N=C/c1ccc(Br)o1. The van der Waals surface area contributed by atoms with Gasteiger partial charge in [0, 0.05) is 12.8 Å². The first-order chi connectivity index (χ1) is 14.0. The van der Waals surface area contributed by atoms with Crippen molar-refractivity contribution < 1.29 is 18.4 Å². The van der Waals surface area contributed by atoms with Crippen LogP contribution >= 0.6 is 31.9 Å². The van der Waals surface area contributed by atoms with Crippen LogP contribution < -0.4 is 10.9 Å². The van der Waals surface area contributed by atoms with E-state index in [4.69, 9.17) is 8.83 Å². The minimum Gasteiger partial charge on any atom is -0.448 e. The molecule has 0 spiro atoms. The molecule has 0 atom stereocenters. The highest BCUT2D eigenvalue weighted by Gasteiger charge is 2.02. The fraction of sp³-hybridized carbons (Fsp3) is 0.368. The average molecular weight is 530 g/mol. The minimum absolute atomic E-state index is 0.132. The molecule has 2 aromatic rings. The van der Waals surface area contributed by atoms with Crippen LogP contribution in [0.2, 0.25) is 0 Å². The number of carbonyl (C=O) groups is 2. The number of hydrogen-bond donors (Lipinski definition) is 2. The second-order valence-corrected chi connectivity index (χ2v) is 7.70. The monoisotopic (exact) mass is 528 g/mol. The van der Waals surface area contributed by atoms with Gasteiger partial charge in [0.2, 0.25) is 11.8 Å². The standard InChI is InChI=1S/C19H22Br2N4O4/c20-16-10-8-14(28-16)12-22-24-18(26)6-4-2-1-3-5-7-19(27)25-23-13-15-9-11-17(21)29-15/h8-13H,1-7H2,(H,24,26)(H,25,27)/b22-12+,23-13+. The second-order valence-electron chi connectivity index (χ2n) is 6.14. The van der Waals surface area contributed by atoms with Crippen LogP contribution in [0.4, 0.5) is 0 Å². The average Bonchev–Trinajstić information content (AvgIpc) is 3.29. The Hall–Kier alpha value is -2.20. The van der Waals surface area contributed by atoms with E-state index in [1.54, 1.807) is 24.3 Å². The van der Waals surface area contributed by atoms with Crippen molar-refractivity contribution in [2.75, 3.05) is 0 Å². The van der Waals surface area contributed by atoms with E-state index in [1.807, 2.05) is 0 Å². The molecular weight excluding hydrogens is 508 g/mol. The van der Waals surface area contributed by atoms with Gasteiger partial charge in [0.05, 0.1) is 12.4 Å². The molecule has 0 fully saturated rings. The van der Waals surface area contributed by atoms with E-state index in [9.17, 15) is 9.59 Å². The summed E-state index contributed by atoms with van der Waals surface area (Å²) >= 11 is 6.38. The number of hydrogen-bond acceptors (Lipinski definition) is 6. The first kappa shape index (κ1) is 23.1. The molecule has 156 valence electrons. The van der Waals surface area contributed by atoms with E-state index in [2.05, 4.69) is 52.9 Å². The van der Waals surface area contributed by atoms with Crippen LogP contribution in [0.1, 0.15) is 56.5 Å². The third-order valence-corrected chi connectivity index (χ3v) is 4.61. The van der Waals surface area contributed by atoms with Gasteiger partial charge in [0.1, 0.15) is 11.5 Å². The van der Waals surface area contributed by atoms with Crippen LogP contribution in [0.25, 0.3) is 0 Å². The van der Waals surface area contributed by atoms with Crippen molar-refractivity contribution in [3.8, 4) is 0 Å². The van der Waals surface area contributed by atoms with Gasteiger partial charge < -0.3 is 8.83 Å². The van der Waals surface area contributed by atoms with Gasteiger partial charge in [-0.15, -0.1) is 0 Å². The summed E-state index contributed by atoms with van der Waals surface area (Å²) in [4.78, 5) is 23.4. The van der Waals surface area contributed by atoms with Gasteiger partial charge >= 0.3 is 0 Å². The molecule has 2 amide bonds. The maximum Gasteiger partial charge on any atom is 0.240 e. The molecule has 0 bridgehead atoms. The van der Waals surface area contributed by atoms with Crippen molar-refractivity contribution in [2.24, 2.45) is 10.2 Å². The summed E-state index contributed by atoms with van der Waals surface area (Å²) in [5.41, 5.74) is 4.94. The lowest BCUT2D eigenvalue weighted by Gasteiger charge is -2.02. The highest BCUT2D eigenvalue weighted by Crippen LogP contribution is 2.13. The van der Waals surface area contributed by atoms with E-state index in [0.717, 1.165) is 32.1 Å². The molecule has 0 aromatic carbocycles. The Morgan fingerprint density at radius 2 is 1.17 bits per heavy atom. The summed E-state index contributed by atoms with van der Waals surface area (Å²) in [5.74, 6) is 0.849. The molecule has 0 aliphatic heterocycles. The largest absolute Gasteiger partial charge is 0.448 e. The van der Waals surface area contributed by atoms with Crippen molar-refractivity contribution in [1.29, 1.82) is 0 Å². The van der Waals surface area contributed by atoms with E-state index in [-0.39, 0.29) is 11.8 Å². The Labute approximate surface area is 185 Å². The van der Waals surface area contributed by atoms with E-state index >= 15 is 0 Å². The molecule has 0 unspecified atom stereocenters. The molecular formula is C19H22Br2N4O4. The van der Waals surface area contributed by atoms with Crippen molar-refractivity contribution in [2.45, 2.75) is 44.9 Å². The van der Waals surface area contributed by atoms with Crippen LogP contribution in [-0.2, 0) is 9.59 Å². The maximum atomic E-state index is 11.7. The van der Waals surface area contributed by atoms with Gasteiger partial charge in [-0.05, 0) is 69.0 Å². The van der Waals surface area contributed by atoms with Crippen LogP contribution in [0.15, 0.2) is 52.6 Å². The molecule has 29 heavy (non-hydrogen) atoms. The van der Waals surface area contributed by atoms with E-state index in [1.165, 1.54) is 12.4 Å². The number of unbranched alkanes of at least 4 members (excludes halogenated alkanes) is 4. The highest BCUT2D eigenvalue weighted by atomic mass is 79.9. The normalized spacial score (nSPS) is 11.4. The summed E-state index contributed by atoms with van der Waals surface area (Å²) < 4.78 is 11.7. The first-order valence-electron chi connectivity index (χ1n) is 9.17. The molecule has 2 rings (SSSR count). The maximum absolute atomic E-state index is 11.7. The van der Waals surface area contributed by atoms with Crippen molar-refractivity contribution >= 4 is 56.1 Å². The van der Waals surface area contributed by atoms with Crippen molar-refractivity contribution in [1.82, 2.24) is 10.9 Å². The molecule has 0 saturated heterocycles. The van der Waals surface area contributed by atoms with Crippen LogP contribution in [0, 0.1) is 0 Å². The zero-order valence-corrected chi connectivity index (χ0v) is 18.9. The lowest BCUT2D eigenvalue weighted by atomic mass is 10.1. The molecule has 8 nitrogen and oxygen atoms in total. The number of rotatable bonds is 12. The van der Waals surface area contributed by atoms with Gasteiger partial charge in [-0.3, -0.25) is 9.59 Å². The smallest absolute Gasteiger partial charge is 0.240 e. The van der Waals surface area contributed by atoms with Crippen molar-refractivity contribution in [3.63, 3.8) is 0 Å². The highest BCUT2D eigenvalue weighted by molar-refractivity contribution is 9.10. The zero-order valence-electron chi connectivity index (χ0n) is 15.7. The van der Waals surface area contributed by atoms with Crippen molar-refractivity contribution in [3.05, 3.63) is 45.1 Å². The number of furan rings is 2. The van der Waals surface area contributed by atoms with E-state index in [0.29, 0.717) is 33.7 Å². The quantitative estimate of drug-likeness (QED) is 0.235. The van der Waals surface area contributed by atoms with Gasteiger partial charge in [-0.25, -0.2) is 10.9 Å². The zero-order chi connectivity index (χ0) is 20.9. The van der Waals surface area contributed by atoms with Gasteiger partial charge in [-0.1, -0.05) is 19.3 Å². The Morgan fingerprint density at radius 1 is 0.759 bits per heavy atom. The Balaban J connectivity index is 1.44. The Morgan fingerprint density at radius 3 is 1.55 bits per heavy atom. The predicted molar refractivity (Wildman–Crippen MR) is 117 cm³/mol. The summed E-state index contributed by atoms with van der Waals surface area (Å²) in [6, 6.07) is 6.98. The fourth-order valence-electron chi connectivity index (χ4n) is 2.34. The third-order valence-electron chi connectivity index (χ3n) is 3.76. The first-order valence-corrected chi connectivity index (χ1v) is 10.8. The topological polar surface area (TPSA) is 109 Å². The van der Waals surface area contributed by atoms with Gasteiger partial charge in [0.15, 0.2) is 9.34 Å². The molecule has 0 aliphatic rings. The third kappa shape index (κ3) is 10.2. The molecule has 0 saturated carbocycles. The van der Waals surface area contributed by atoms with Gasteiger partial charge in [0.25, 0.3) is 0 Å². The summed E-state index contributed by atoms with van der Waals surface area (Å²) in [6.07, 6.45) is 8.11. The van der Waals surface area contributed by atoms with E-state index < -0.39 is 0 Å². The molecule has 0 aliphatic carbocycles. The molecule has 0 radical (unpaired) electrons. The lowest BCUT2D eigenvalue weighted by molar-refractivity contribution is -0.121. The summed E-state index contributed by atoms with van der Waals surface area (Å²) in [5, 5.41) is 7.69. The Kier molecular flexibility index (Phi) is 10.4. The number of carbonyl (C=O) groups excluding carboxylic acids is 2. The summed E-state index contributed by atoms with van der Waals surface area (Å²) in [7, 11) is 0. The summed E-state index contributed by atoms with van der Waals surface area (Å²) in [6.45, 7) is 0. The molecule has 2 aromatic heterocycles. The number of halogens is 2.